The predicted octanol–water partition coefficient (Wildman–Crippen LogP) is 4.98. The topological polar surface area (TPSA) is 104 Å². The van der Waals surface area contributed by atoms with Gasteiger partial charge in [-0.15, -0.1) is 11.3 Å². The van der Waals surface area contributed by atoms with E-state index in [1.165, 1.54) is 17.4 Å². The maximum absolute atomic E-state index is 13.4. The molecule has 0 aliphatic carbocycles. The summed E-state index contributed by atoms with van der Waals surface area (Å²) in [6.07, 6.45) is 4.55. The first-order valence-electron chi connectivity index (χ1n) is 12.3. The number of pyridine rings is 1. The van der Waals surface area contributed by atoms with Gasteiger partial charge in [0.1, 0.15) is 15.5 Å². The zero-order chi connectivity index (χ0) is 26.3. The standard InChI is InChI=1S/C27H29N5O4S/c1-5-21(33)31-12-6-7-17(14-31)29-25(34)24-23-22-20(10-11-28-26(22)37-24)32(27(35)30-23)19-9-8-18(13-16(19)4)36-15(2)3/h5,8-11,13,15,17H,1,6-7,12,14H2,2-4H3,(H,29,34)(H,30,35). The fourth-order valence-electron chi connectivity index (χ4n) is 4.88. The van der Waals surface area contributed by atoms with Gasteiger partial charge in [0.15, 0.2) is 0 Å². The number of benzene rings is 1. The number of urea groups is 1. The molecule has 192 valence electrons. The van der Waals surface area contributed by atoms with E-state index >= 15 is 0 Å². The molecule has 1 saturated heterocycles. The van der Waals surface area contributed by atoms with Gasteiger partial charge in [-0.3, -0.25) is 14.5 Å². The van der Waals surface area contributed by atoms with Crippen LogP contribution in [0.15, 0.2) is 43.1 Å². The molecular weight excluding hydrogens is 490 g/mol. The molecule has 1 fully saturated rings. The monoisotopic (exact) mass is 519 g/mol. The minimum absolute atomic E-state index is 0.0421. The first-order chi connectivity index (χ1) is 17.8. The van der Waals surface area contributed by atoms with Crippen LogP contribution in [-0.4, -0.2) is 53.0 Å². The van der Waals surface area contributed by atoms with E-state index < -0.39 is 0 Å². The van der Waals surface area contributed by atoms with Crippen LogP contribution < -0.4 is 20.3 Å². The first kappa shape index (κ1) is 24.8. The van der Waals surface area contributed by atoms with Crippen molar-refractivity contribution in [2.75, 3.05) is 23.3 Å². The Morgan fingerprint density at radius 3 is 2.84 bits per heavy atom. The van der Waals surface area contributed by atoms with Crippen LogP contribution in [0.5, 0.6) is 5.75 Å². The summed E-state index contributed by atoms with van der Waals surface area (Å²) in [7, 11) is 0. The van der Waals surface area contributed by atoms with Gasteiger partial charge in [0.25, 0.3) is 5.91 Å². The van der Waals surface area contributed by atoms with Crippen molar-refractivity contribution in [2.24, 2.45) is 0 Å². The summed E-state index contributed by atoms with van der Waals surface area (Å²) < 4.78 is 5.80. The Kier molecular flexibility index (Phi) is 6.59. The lowest BCUT2D eigenvalue weighted by Gasteiger charge is -2.32. The van der Waals surface area contributed by atoms with E-state index in [4.69, 9.17) is 4.74 Å². The van der Waals surface area contributed by atoms with Crippen molar-refractivity contribution in [1.82, 2.24) is 15.2 Å². The van der Waals surface area contributed by atoms with Crippen molar-refractivity contribution in [3.63, 3.8) is 0 Å². The maximum atomic E-state index is 13.4. The van der Waals surface area contributed by atoms with E-state index in [9.17, 15) is 14.4 Å². The van der Waals surface area contributed by atoms with E-state index in [2.05, 4.69) is 22.2 Å². The summed E-state index contributed by atoms with van der Waals surface area (Å²) in [5.41, 5.74) is 2.73. The van der Waals surface area contributed by atoms with Gasteiger partial charge in [-0.1, -0.05) is 6.58 Å². The Hall–Kier alpha value is -3.92. The summed E-state index contributed by atoms with van der Waals surface area (Å²) >= 11 is 1.24. The van der Waals surface area contributed by atoms with E-state index in [1.54, 1.807) is 22.1 Å². The van der Waals surface area contributed by atoms with Crippen LogP contribution in [0.1, 0.15) is 41.9 Å². The van der Waals surface area contributed by atoms with Gasteiger partial charge >= 0.3 is 6.03 Å². The summed E-state index contributed by atoms with van der Waals surface area (Å²) in [5.74, 6) is 0.304. The Labute approximate surface area is 219 Å². The molecule has 9 nitrogen and oxygen atoms in total. The van der Waals surface area contributed by atoms with Gasteiger partial charge in [0.05, 0.1) is 28.6 Å². The van der Waals surface area contributed by atoms with E-state index in [0.29, 0.717) is 34.2 Å². The molecular formula is C27H29N5O4S. The third-order valence-electron chi connectivity index (χ3n) is 6.48. The number of anilines is 3. The number of carbonyl (C=O) groups is 3. The molecule has 4 amide bonds. The molecule has 0 spiro atoms. The second-order valence-corrected chi connectivity index (χ2v) is 10.5. The van der Waals surface area contributed by atoms with E-state index in [1.807, 2.05) is 39.0 Å². The van der Waals surface area contributed by atoms with Gasteiger partial charge in [0, 0.05) is 25.3 Å². The minimum atomic E-state index is -0.353. The van der Waals surface area contributed by atoms with Crippen molar-refractivity contribution in [1.29, 1.82) is 0 Å². The number of ether oxygens (including phenoxy) is 1. The molecule has 0 radical (unpaired) electrons. The van der Waals surface area contributed by atoms with Crippen LogP contribution >= 0.6 is 11.3 Å². The second-order valence-electron chi connectivity index (χ2n) is 9.50. The summed E-state index contributed by atoms with van der Waals surface area (Å²) in [6, 6.07) is 6.88. The third kappa shape index (κ3) is 4.64. The molecule has 1 unspecified atom stereocenters. The SMILES string of the molecule is C=CC(=O)N1CCCC(NC(=O)c2sc3nccc4c3c2NC(=O)N4c2ccc(OC(C)C)cc2C)C1. The number of piperidine rings is 1. The number of aromatic nitrogens is 1. The van der Waals surface area contributed by atoms with Crippen LogP contribution in [-0.2, 0) is 4.79 Å². The van der Waals surface area contributed by atoms with E-state index in [-0.39, 0.29) is 30.0 Å². The lowest BCUT2D eigenvalue weighted by molar-refractivity contribution is -0.127. The fraction of sp³-hybridized carbons (Fsp3) is 0.333. The van der Waals surface area contributed by atoms with Gasteiger partial charge < -0.3 is 20.3 Å². The zero-order valence-corrected chi connectivity index (χ0v) is 21.9. The van der Waals surface area contributed by atoms with Crippen LogP contribution in [0, 0.1) is 6.92 Å². The van der Waals surface area contributed by atoms with Crippen molar-refractivity contribution in [3.8, 4) is 5.75 Å². The summed E-state index contributed by atoms with van der Waals surface area (Å²) in [6.45, 7) is 10.5. The molecule has 10 heteroatoms. The molecule has 2 aliphatic heterocycles. The lowest BCUT2D eigenvalue weighted by Crippen LogP contribution is -2.49. The molecule has 4 heterocycles. The van der Waals surface area contributed by atoms with Crippen LogP contribution in [0.2, 0.25) is 0 Å². The molecule has 2 aromatic heterocycles. The van der Waals surface area contributed by atoms with Crippen molar-refractivity contribution in [3.05, 3.63) is 53.6 Å². The predicted molar refractivity (Wildman–Crippen MR) is 145 cm³/mol. The second kappa shape index (κ2) is 9.85. The Morgan fingerprint density at radius 2 is 2.11 bits per heavy atom. The molecule has 2 aliphatic rings. The number of nitrogens with one attached hydrogen (secondary N) is 2. The van der Waals surface area contributed by atoms with Gasteiger partial charge in [-0.2, -0.15) is 0 Å². The Morgan fingerprint density at radius 1 is 1.30 bits per heavy atom. The molecule has 1 atom stereocenters. The number of aryl methyl sites for hydroxylation is 1. The van der Waals surface area contributed by atoms with Gasteiger partial charge in [0.2, 0.25) is 5.91 Å². The number of hydrogen-bond acceptors (Lipinski definition) is 6. The molecule has 2 N–H and O–H groups in total. The van der Waals surface area contributed by atoms with Crippen LogP contribution in [0.25, 0.3) is 10.2 Å². The quantitative estimate of drug-likeness (QED) is 0.447. The molecule has 3 aromatic rings. The number of amides is 4. The molecule has 0 bridgehead atoms. The minimum Gasteiger partial charge on any atom is -0.491 e. The van der Waals surface area contributed by atoms with E-state index in [0.717, 1.165) is 35.2 Å². The number of carbonyl (C=O) groups excluding carboxylic acids is 3. The number of hydrogen-bond donors (Lipinski definition) is 2. The number of rotatable bonds is 6. The highest BCUT2D eigenvalue weighted by Gasteiger charge is 2.34. The van der Waals surface area contributed by atoms with Crippen LogP contribution in [0.4, 0.5) is 21.9 Å². The normalized spacial score (nSPS) is 17.1. The van der Waals surface area contributed by atoms with Gasteiger partial charge in [-0.05, 0) is 69.5 Å². The highest BCUT2D eigenvalue weighted by Crippen LogP contribution is 2.46. The Bertz CT molecular complexity index is 1420. The molecule has 37 heavy (non-hydrogen) atoms. The Balaban J connectivity index is 1.46. The summed E-state index contributed by atoms with van der Waals surface area (Å²) in [4.78, 5) is 47.6. The summed E-state index contributed by atoms with van der Waals surface area (Å²) in [5, 5.41) is 6.71. The number of thiophene rings is 1. The highest BCUT2D eigenvalue weighted by atomic mass is 32.1. The average molecular weight is 520 g/mol. The third-order valence-corrected chi connectivity index (χ3v) is 7.57. The van der Waals surface area contributed by atoms with Gasteiger partial charge in [-0.25, -0.2) is 9.78 Å². The zero-order valence-electron chi connectivity index (χ0n) is 21.0. The lowest BCUT2D eigenvalue weighted by atomic mass is 10.1. The largest absolute Gasteiger partial charge is 0.491 e. The molecule has 5 rings (SSSR count). The molecule has 1 aromatic carbocycles. The van der Waals surface area contributed by atoms with Crippen molar-refractivity contribution >= 4 is 56.5 Å². The average Bonchev–Trinajstić information content (AvgIpc) is 3.24. The van der Waals surface area contributed by atoms with Crippen molar-refractivity contribution in [2.45, 2.75) is 45.8 Å². The fourth-order valence-corrected chi connectivity index (χ4v) is 5.91. The number of likely N-dealkylation sites (tertiary alicyclic amines) is 1. The highest BCUT2D eigenvalue weighted by molar-refractivity contribution is 7.21. The van der Waals surface area contributed by atoms with Crippen molar-refractivity contribution < 1.29 is 19.1 Å². The smallest absolute Gasteiger partial charge is 0.331 e. The number of nitrogens with zero attached hydrogens (tertiary/aromatic N) is 3. The first-order valence-corrected chi connectivity index (χ1v) is 13.1. The molecule has 0 saturated carbocycles. The van der Waals surface area contributed by atoms with Crippen LogP contribution in [0.3, 0.4) is 0 Å². The maximum Gasteiger partial charge on any atom is 0.331 e.